The zero-order chi connectivity index (χ0) is 23.4. The minimum Gasteiger partial charge on any atom is -0.443 e. The number of fused-ring (bicyclic) bond motifs is 1. The second-order valence-electron chi connectivity index (χ2n) is 8.65. The lowest BCUT2D eigenvalue weighted by molar-refractivity contribution is -0.120. The summed E-state index contributed by atoms with van der Waals surface area (Å²) in [5, 5.41) is 6.68. The van der Waals surface area contributed by atoms with Crippen LogP contribution in [0.1, 0.15) is 60.7 Å². The van der Waals surface area contributed by atoms with Crippen LogP contribution < -0.4 is 10.6 Å². The molecule has 7 nitrogen and oxygen atoms in total. The monoisotopic (exact) mass is 466 g/mol. The molecule has 1 saturated carbocycles. The Morgan fingerprint density at radius 2 is 1.85 bits per heavy atom. The molecule has 2 aromatic heterocycles. The Morgan fingerprint density at radius 1 is 1.12 bits per heavy atom. The fraction of sp³-hybridized carbons (Fsp3) is 0.440. The Labute approximate surface area is 198 Å². The number of anilines is 1. The average molecular weight is 467 g/mol. The van der Waals surface area contributed by atoms with Crippen molar-refractivity contribution in [3.63, 3.8) is 0 Å². The summed E-state index contributed by atoms with van der Waals surface area (Å²) < 4.78 is 5.82. The third kappa shape index (κ3) is 5.55. The molecule has 2 N–H and O–H groups in total. The molecule has 2 heterocycles. The van der Waals surface area contributed by atoms with Gasteiger partial charge >= 0.3 is 0 Å². The Kier molecular flexibility index (Phi) is 7.33. The quantitative estimate of drug-likeness (QED) is 0.364. The highest BCUT2D eigenvalue weighted by Gasteiger charge is 2.22. The number of aromatic nitrogens is 2. The second-order valence-corrected chi connectivity index (χ2v) is 9.96. The van der Waals surface area contributed by atoms with Gasteiger partial charge in [-0.05, 0) is 51.7 Å². The summed E-state index contributed by atoms with van der Waals surface area (Å²) in [6.07, 6.45) is 6.16. The summed E-state index contributed by atoms with van der Waals surface area (Å²) in [7, 11) is 0. The van der Waals surface area contributed by atoms with Gasteiger partial charge in [0.2, 0.25) is 11.6 Å². The molecular formula is C25H30N4O3S. The zero-order valence-electron chi connectivity index (χ0n) is 19.3. The molecule has 174 valence electrons. The van der Waals surface area contributed by atoms with Crippen LogP contribution in [0.2, 0.25) is 0 Å². The number of carbonyl (C=O) groups excluding carboxylic acids is 2. The number of amides is 2. The van der Waals surface area contributed by atoms with Gasteiger partial charge in [0.25, 0.3) is 5.91 Å². The van der Waals surface area contributed by atoms with E-state index >= 15 is 0 Å². The number of hydrogen-bond donors (Lipinski definition) is 2. The van der Waals surface area contributed by atoms with Crippen molar-refractivity contribution in [1.29, 1.82) is 0 Å². The van der Waals surface area contributed by atoms with Crippen molar-refractivity contribution < 1.29 is 14.0 Å². The summed E-state index contributed by atoms with van der Waals surface area (Å²) in [6, 6.07) is 8.98. The molecule has 2 amide bonds. The molecule has 0 aliphatic heterocycles. The van der Waals surface area contributed by atoms with Crippen molar-refractivity contribution in [3.8, 4) is 0 Å². The molecule has 4 rings (SSSR count). The van der Waals surface area contributed by atoms with Crippen LogP contribution in [0, 0.1) is 19.8 Å². The molecule has 3 aromatic rings. The molecule has 1 unspecified atom stereocenters. The molecular weight excluding hydrogens is 436 g/mol. The van der Waals surface area contributed by atoms with Crippen LogP contribution in [0.15, 0.2) is 39.9 Å². The Bertz CT molecular complexity index is 1140. The summed E-state index contributed by atoms with van der Waals surface area (Å²) >= 11 is 1.26. The number of thioether (sulfide) groups is 1. The van der Waals surface area contributed by atoms with Crippen LogP contribution >= 0.6 is 11.8 Å². The molecule has 0 radical (unpaired) electrons. The van der Waals surface area contributed by atoms with E-state index in [1.54, 1.807) is 12.1 Å². The van der Waals surface area contributed by atoms with Crippen molar-refractivity contribution >= 4 is 40.5 Å². The SMILES string of the molecule is Cc1oc2nc(SC(C)C(=O)NCC3CCCCC3)nc(NC(=O)c3ccccc3)c2c1C. The van der Waals surface area contributed by atoms with Crippen molar-refractivity contribution in [2.24, 2.45) is 5.92 Å². The van der Waals surface area contributed by atoms with E-state index in [9.17, 15) is 9.59 Å². The summed E-state index contributed by atoms with van der Waals surface area (Å²) in [5.74, 6) is 1.39. The third-order valence-corrected chi connectivity index (χ3v) is 7.18. The molecule has 1 aliphatic carbocycles. The number of hydrogen-bond acceptors (Lipinski definition) is 6. The van der Waals surface area contributed by atoms with E-state index in [1.807, 2.05) is 39.0 Å². The lowest BCUT2D eigenvalue weighted by Crippen LogP contribution is -2.35. The van der Waals surface area contributed by atoms with Gasteiger partial charge in [-0.2, -0.15) is 4.98 Å². The van der Waals surface area contributed by atoms with Crippen LogP contribution in [-0.4, -0.2) is 33.6 Å². The van der Waals surface area contributed by atoms with Crippen molar-refractivity contribution in [2.45, 2.75) is 63.3 Å². The Balaban J connectivity index is 1.51. The van der Waals surface area contributed by atoms with E-state index in [1.165, 1.54) is 43.9 Å². The molecule has 0 bridgehead atoms. The highest BCUT2D eigenvalue weighted by Crippen LogP contribution is 2.32. The lowest BCUT2D eigenvalue weighted by atomic mass is 9.89. The predicted molar refractivity (Wildman–Crippen MR) is 131 cm³/mol. The van der Waals surface area contributed by atoms with Crippen molar-refractivity contribution in [2.75, 3.05) is 11.9 Å². The molecule has 1 aliphatic rings. The number of nitrogens with one attached hydrogen (secondary N) is 2. The maximum atomic E-state index is 12.8. The summed E-state index contributed by atoms with van der Waals surface area (Å²) in [6.45, 7) is 6.33. The maximum Gasteiger partial charge on any atom is 0.256 e. The molecule has 33 heavy (non-hydrogen) atoms. The van der Waals surface area contributed by atoms with Gasteiger partial charge in [-0.3, -0.25) is 9.59 Å². The van der Waals surface area contributed by atoms with Crippen molar-refractivity contribution in [1.82, 2.24) is 15.3 Å². The van der Waals surface area contributed by atoms with Gasteiger partial charge in [0.05, 0.1) is 10.6 Å². The molecule has 0 spiro atoms. The smallest absolute Gasteiger partial charge is 0.256 e. The second kappa shape index (κ2) is 10.4. The third-order valence-electron chi connectivity index (χ3n) is 6.22. The average Bonchev–Trinajstić information content (AvgIpc) is 3.12. The minimum absolute atomic E-state index is 0.0315. The van der Waals surface area contributed by atoms with Crippen LogP contribution in [0.4, 0.5) is 5.82 Å². The number of carbonyl (C=O) groups is 2. The van der Waals surface area contributed by atoms with Crippen molar-refractivity contribution in [3.05, 3.63) is 47.2 Å². The first-order chi connectivity index (χ1) is 15.9. The standard InChI is InChI=1S/C25H30N4O3S/c1-15-16(2)32-24-20(15)21(27-23(31)19-12-8-5-9-13-19)28-25(29-24)33-17(3)22(30)26-14-18-10-6-4-7-11-18/h5,8-9,12-13,17-18H,4,6-7,10-11,14H2,1-3H3,(H,26,30)(H,27,28,29,31). The zero-order valence-corrected chi connectivity index (χ0v) is 20.1. The van der Waals surface area contributed by atoms with E-state index in [4.69, 9.17) is 4.42 Å². The number of benzene rings is 1. The van der Waals surface area contributed by atoms with E-state index < -0.39 is 0 Å². The summed E-state index contributed by atoms with van der Waals surface area (Å²) in [4.78, 5) is 34.6. The van der Waals surface area contributed by atoms with Gasteiger partial charge in [0.15, 0.2) is 5.16 Å². The Morgan fingerprint density at radius 3 is 2.58 bits per heavy atom. The number of rotatable bonds is 7. The maximum absolute atomic E-state index is 12.8. The first-order valence-corrected chi connectivity index (χ1v) is 12.4. The van der Waals surface area contributed by atoms with E-state index in [0.717, 1.165) is 17.9 Å². The van der Waals surface area contributed by atoms with Gasteiger partial charge in [0.1, 0.15) is 11.6 Å². The van der Waals surface area contributed by atoms with E-state index in [-0.39, 0.29) is 17.1 Å². The first-order valence-electron chi connectivity index (χ1n) is 11.5. The van der Waals surface area contributed by atoms with Crippen LogP contribution in [-0.2, 0) is 4.79 Å². The van der Waals surface area contributed by atoms with Crippen LogP contribution in [0.3, 0.4) is 0 Å². The topological polar surface area (TPSA) is 97.1 Å². The van der Waals surface area contributed by atoms with E-state index in [0.29, 0.717) is 33.6 Å². The molecule has 8 heteroatoms. The van der Waals surface area contributed by atoms with Crippen LogP contribution in [0.5, 0.6) is 0 Å². The highest BCUT2D eigenvalue weighted by molar-refractivity contribution is 8.00. The summed E-state index contributed by atoms with van der Waals surface area (Å²) in [5.41, 5.74) is 1.82. The molecule has 1 aromatic carbocycles. The van der Waals surface area contributed by atoms with Gasteiger partial charge < -0.3 is 15.1 Å². The lowest BCUT2D eigenvalue weighted by Gasteiger charge is -2.22. The number of aryl methyl sites for hydroxylation is 2. The first kappa shape index (κ1) is 23.3. The normalized spacial score (nSPS) is 15.4. The number of nitrogens with zero attached hydrogens (tertiary/aromatic N) is 2. The molecule has 1 atom stereocenters. The fourth-order valence-corrected chi connectivity index (χ4v) is 4.92. The van der Waals surface area contributed by atoms with Crippen LogP contribution in [0.25, 0.3) is 11.1 Å². The molecule has 1 fully saturated rings. The highest BCUT2D eigenvalue weighted by atomic mass is 32.2. The van der Waals surface area contributed by atoms with Gasteiger partial charge in [-0.25, -0.2) is 4.98 Å². The minimum atomic E-state index is -0.374. The largest absolute Gasteiger partial charge is 0.443 e. The van der Waals surface area contributed by atoms with Gasteiger partial charge in [-0.1, -0.05) is 49.2 Å². The molecule has 0 saturated heterocycles. The fourth-order valence-electron chi connectivity index (χ4n) is 4.13. The van der Waals surface area contributed by atoms with Gasteiger partial charge in [-0.15, -0.1) is 0 Å². The predicted octanol–water partition coefficient (Wildman–Crippen LogP) is 5.27. The van der Waals surface area contributed by atoms with Gasteiger partial charge in [0, 0.05) is 17.7 Å². The number of furan rings is 1. The Hall–Kier alpha value is -2.87. The van der Waals surface area contributed by atoms with E-state index in [2.05, 4.69) is 20.6 Å².